The van der Waals surface area contributed by atoms with Crippen molar-refractivity contribution in [2.75, 3.05) is 0 Å². The van der Waals surface area contributed by atoms with Crippen LogP contribution in [0.25, 0.3) is 11.0 Å². The van der Waals surface area contributed by atoms with Crippen molar-refractivity contribution < 1.29 is 4.74 Å². The lowest BCUT2D eigenvalue weighted by Crippen LogP contribution is -2.05. The molecular weight excluding hydrogens is 190 g/mol. The van der Waals surface area contributed by atoms with E-state index in [0.717, 1.165) is 5.39 Å². The summed E-state index contributed by atoms with van der Waals surface area (Å²) < 4.78 is 5.62. The van der Waals surface area contributed by atoms with Gasteiger partial charge in [-0.15, -0.1) is 0 Å². The Labute approximate surface area is 87.5 Å². The highest BCUT2D eigenvalue weighted by atomic mass is 16.5. The highest BCUT2D eigenvalue weighted by Crippen LogP contribution is 2.27. The van der Waals surface area contributed by atoms with Crippen molar-refractivity contribution in [2.45, 2.75) is 20.0 Å². The van der Waals surface area contributed by atoms with Gasteiger partial charge >= 0.3 is 0 Å². The molecule has 0 aliphatic heterocycles. The average Bonchev–Trinajstić information content (AvgIpc) is 2.61. The molecule has 0 saturated heterocycles. The summed E-state index contributed by atoms with van der Waals surface area (Å²) in [6, 6.07) is 3.89. The number of hydrogen-bond donors (Lipinski definition) is 1. The number of nitriles is 1. The fourth-order valence-corrected chi connectivity index (χ4v) is 1.47. The van der Waals surface area contributed by atoms with Gasteiger partial charge in [0.15, 0.2) is 0 Å². The van der Waals surface area contributed by atoms with E-state index in [1.54, 1.807) is 18.5 Å². The number of aromatic nitrogens is 2. The van der Waals surface area contributed by atoms with Crippen LogP contribution in [0, 0.1) is 11.3 Å². The molecule has 0 atom stereocenters. The molecule has 0 aliphatic carbocycles. The molecule has 2 heterocycles. The van der Waals surface area contributed by atoms with E-state index in [4.69, 9.17) is 10.00 Å². The van der Waals surface area contributed by atoms with Gasteiger partial charge in [-0.2, -0.15) is 5.26 Å². The number of nitrogens with zero attached hydrogens (tertiary/aromatic N) is 2. The van der Waals surface area contributed by atoms with Gasteiger partial charge in [0.05, 0.1) is 17.1 Å². The molecule has 4 nitrogen and oxygen atoms in total. The zero-order valence-electron chi connectivity index (χ0n) is 8.61. The standard InChI is InChI=1S/C11H11N3O/c1-7(2)15-9-3-4-13-11-10(9)8(5-12)6-14-11/h3-4,6-7H,1-2H3,(H,13,14). The highest BCUT2D eigenvalue weighted by Gasteiger charge is 2.10. The molecule has 0 amide bonds. The summed E-state index contributed by atoms with van der Waals surface area (Å²) in [4.78, 5) is 7.07. The first-order valence-electron chi connectivity index (χ1n) is 4.75. The van der Waals surface area contributed by atoms with Crippen molar-refractivity contribution in [2.24, 2.45) is 0 Å². The third-order valence-corrected chi connectivity index (χ3v) is 2.02. The van der Waals surface area contributed by atoms with Crippen LogP contribution in [0.3, 0.4) is 0 Å². The summed E-state index contributed by atoms with van der Waals surface area (Å²) in [7, 11) is 0. The van der Waals surface area contributed by atoms with Crippen LogP contribution in [0.2, 0.25) is 0 Å². The van der Waals surface area contributed by atoms with Gasteiger partial charge in [-0.1, -0.05) is 0 Å². The second kappa shape index (κ2) is 3.62. The predicted octanol–water partition coefficient (Wildman–Crippen LogP) is 2.22. The quantitative estimate of drug-likeness (QED) is 0.810. The molecule has 0 fully saturated rings. The van der Waals surface area contributed by atoms with E-state index in [1.807, 2.05) is 13.8 Å². The molecule has 4 heteroatoms. The van der Waals surface area contributed by atoms with Crippen molar-refractivity contribution in [1.82, 2.24) is 9.97 Å². The minimum atomic E-state index is 0.0806. The molecule has 2 aromatic heterocycles. The summed E-state index contributed by atoms with van der Waals surface area (Å²) >= 11 is 0. The third-order valence-electron chi connectivity index (χ3n) is 2.02. The van der Waals surface area contributed by atoms with E-state index >= 15 is 0 Å². The van der Waals surface area contributed by atoms with Crippen LogP contribution in [0.15, 0.2) is 18.5 Å². The lowest BCUT2D eigenvalue weighted by atomic mass is 10.2. The second-order valence-corrected chi connectivity index (χ2v) is 3.51. The monoisotopic (exact) mass is 201 g/mol. The SMILES string of the molecule is CC(C)Oc1ccnc2[nH]cc(C#N)c12. The van der Waals surface area contributed by atoms with E-state index in [-0.39, 0.29) is 6.10 Å². The van der Waals surface area contributed by atoms with E-state index < -0.39 is 0 Å². The topological polar surface area (TPSA) is 61.7 Å². The van der Waals surface area contributed by atoms with Crippen LogP contribution in [0.5, 0.6) is 5.75 Å². The number of fused-ring (bicyclic) bond motifs is 1. The summed E-state index contributed by atoms with van der Waals surface area (Å²) in [5.41, 5.74) is 1.25. The molecule has 1 N–H and O–H groups in total. The molecule has 76 valence electrons. The zero-order valence-corrected chi connectivity index (χ0v) is 8.61. The summed E-state index contributed by atoms with van der Waals surface area (Å²) in [6.45, 7) is 3.90. The molecule has 15 heavy (non-hydrogen) atoms. The lowest BCUT2D eigenvalue weighted by Gasteiger charge is -2.10. The first kappa shape index (κ1) is 9.53. The molecule has 2 aromatic rings. The number of aromatic amines is 1. The molecule has 0 aliphatic rings. The van der Waals surface area contributed by atoms with Crippen molar-refractivity contribution in [1.29, 1.82) is 5.26 Å². The van der Waals surface area contributed by atoms with Gasteiger partial charge in [0.25, 0.3) is 0 Å². The van der Waals surface area contributed by atoms with Crippen LogP contribution in [-0.4, -0.2) is 16.1 Å². The molecule has 0 saturated carbocycles. The number of pyridine rings is 1. The molecule has 0 unspecified atom stereocenters. The van der Waals surface area contributed by atoms with Crippen LogP contribution in [0.4, 0.5) is 0 Å². The normalized spacial score (nSPS) is 10.5. The Kier molecular flexibility index (Phi) is 2.30. The number of nitrogens with one attached hydrogen (secondary N) is 1. The van der Waals surface area contributed by atoms with Gasteiger partial charge in [-0.25, -0.2) is 4.98 Å². The predicted molar refractivity (Wildman–Crippen MR) is 56.6 cm³/mol. The Morgan fingerprint density at radius 2 is 2.33 bits per heavy atom. The highest BCUT2D eigenvalue weighted by molar-refractivity contribution is 5.88. The number of H-pyrrole nitrogens is 1. The number of ether oxygens (including phenoxy) is 1. The summed E-state index contributed by atoms with van der Waals surface area (Å²) in [6.07, 6.45) is 3.39. The molecule has 0 spiro atoms. The Bertz CT molecular complexity index is 522. The molecule has 0 radical (unpaired) electrons. The summed E-state index contributed by atoms with van der Waals surface area (Å²) in [5.74, 6) is 0.702. The number of hydrogen-bond acceptors (Lipinski definition) is 3. The van der Waals surface area contributed by atoms with Gasteiger partial charge in [0, 0.05) is 12.4 Å². The minimum Gasteiger partial charge on any atom is -0.490 e. The van der Waals surface area contributed by atoms with Gasteiger partial charge in [0.1, 0.15) is 17.5 Å². The Hall–Kier alpha value is -2.02. The Morgan fingerprint density at radius 1 is 1.53 bits per heavy atom. The smallest absolute Gasteiger partial charge is 0.142 e. The first-order valence-corrected chi connectivity index (χ1v) is 4.75. The fraction of sp³-hybridized carbons (Fsp3) is 0.273. The van der Waals surface area contributed by atoms with E-state index in [1.165, 1.54) is 0 Å². The van der Waals surface area contributed by atoms with Crippen molar-refractivity contribution >= 4 is 11.0 Å². The maximum Gasteiger partial charge on any atom is 0.142 e. The summed E-state index contributed by atoms with van der Waals surface area (Å²) in [5, 5.41) is 9.69. The van der Waals surface area contributed by atoms with Crippen LogP contribution >= 0.6 is 0 Å². The number of rotatable bonds is 2. The van der Waals surface area contributed by atoms with E-state index in [2.05, 4.69) is 16.0 Å². The molecular formula is C11H11N3O. The first-order chi connectivity index (χ1) is 7.22. The van der Waals surface area contributed by atoms with Crippen LogP contribution in [-0.2, 0) is 0 Å². The van der Waals surface area contributed by atoms with Gasteiger partial charge in [-0.3, -0.25) is 0 Å². The molecule has 2 rings (SSSR count). The van der Waals surface area contributed by atoms with E-state index in [0.29, 0.717) is 17.0 Å². The van der Waals surface area contributed by atoms with Gasteiger partial charge in [0.2, 0.25) is 0 Å². The average molecular weight is 201 g/mol. The fourth-order valence-electron chi connectivity index (χ4n) is 1.47. The Balaban J connectivity index is 2.63. The van der Waals surface area contributed by atoms with Crippen LogP contribution in [0.1, 0.15) is 19.4 Å². The molecule has 0 bridgehead atoms. The van der Waals surface area contributed by atoms with Crippen LogP contribution < -0.4 is 4.74 Å². The zero-order chi connectivity index (χ0) is 10.8. The lowest BCUT2D eigenvalue weighted by molar-refractivity contribution is 0.245. The maximum absolute atomic E-state index is 8.93. The van der Waals surface area contributed by atoms with Gasteiger partial charge in [-0.05, 0) is 19.9 Å². The third kappa shape index (κ3) is 1.64. The maximum atomic E-state index is 8.93. The minimum absolute atomic E-state index is 0.0806. The van der Waals surface area contributed by atoms with E-state index in [9.17, 15) is 0 Å². The van der Waals surface area contributed by atoms with Crippen molar-refractivity contribution in [3.63, 3.8) is 0 Å². The largest absolute Gasteiger partial charge is 0.490 e. The van der Waals surface area contributed by atoms with Gasteiger partial charge < -0.3 is 9.72 Å². The molecule has 0 aromatic carbocycles. The Morgan fingerprint density at radius 3 is 3.00 bits per heavy atom. The van der Waals surface area contributed by atoms with Crippen molar-refractivity contribution in [3.8, 4) is 11.8 Å². The second-order valence-electron chi connectivity index (χ2n) is 3.51. The van der Waals surface area contributed by atoms with Crippen molar-refractivity contribution in [3.05, 3.63) is 24.0 Å².